The van der Waals surface area contributed by atoms with E-state index in [1.54, 1.807) is 18.2 Å². The van der Waals surface area contributed by atoms with Gasteiger partial charge < -0.3 is 14.9 Å². The van der Waals surface area contributed by atoms with Crippen molar-refractivity contribution in [2.45, 2.75) is 12.5 Å². The molecule has 10 heteroatoms. The molecule has 0 aromatic heterocycles. The molecule has 0 bridgehead atoms. The predicted molar refractivity (Wildman–Crippen MR) is 122 cm³/mol. The smallest absolute Gasteiger partial charge is 0.311 e. The van der Waals surface area contributed by atoms with E-state index in [9.17, 15) is 34.3 Å². The first-order valence-corrected chi connectivity index (χ1v) is 10.6. The van der Waals surface area contributed by atoms with Crippen LogP contribution in [0.3, 0.4) is 0 Å². The van der Waals surface area contributed by atoms with Gasteiger partial charge in [0.05, 0.1) is 23.1 Å². The number of hydrogen-bond donors (Lipinski definition) is 2. The summed E-state index contributed by atoms with van der Waals surface area (Å²) in [6, 6.07) is 11.8. The Hall–Kier alpha value is -4.73. The van der Waals surface area contributed by atoms with E-state index in [2.05, 4.69) is 0 Å². The van der Waals surface area contributed by atoms with Gasteiger partial charge in [0, 0.05) is 23.7 Å². The number of halogens is 1. The number of fused-ring (bicyclic) bond motifs is 1. The van der Waals surface area contributed by atoms with Crippen LogP contribution in [0.15, 0.2) is 66.2 Å². The number of ketones is 1. The second-order valence-corrected chi connectivity index (χ2v) is 8.07. The minimum atomic E-state index is -1.27. The summed E-state index contributed by atoms with van der Waals surface area (Å²) in [7, 11) is 0. The lowest BCUT2D eigenvalue weighted by Gasteiger charge is -2.25. The zero-order valence-electron chi connectivity index (χ0n) is 18.0. The van der Waals surface area contributed by atoms with Gasteiger partial charge in [-0.05, 0) is 59.7 Å². The number of carbonyl (C=O) groups excluding carboxylic acids is 2. The fourth-order valence-electron chi connectivity index (χ4n) is 4.36. The molecule has 1 fully saturated rings. The SMILES string of the molecule is O=C1C(=O)N(c2ccc(F)cc2)C(c2ccc(O)c([N+](=O)[O-])c2)/C1=C(\O)c1ccc2c(c1)CCO2. The molecular formula is C25H17FN2O7. The molecule has 0 saturated carbocycles. The molecular weight excluding hydrogens is 459 g/mol. The maximum absolute atomic E-state index is 13.6. The summed E-state index contributed by atoms with van der Waals surface area (Å²) in [5.41, 5.74) is 0.406. The number of Topliss-reactive ketones (excluding diaryl/α,β-unsaturated/α-hetero) is 1. The summed E-state index contributed by atoms with van der Waals surface area (Å²) in [6.45, 7) is 0.478. The number of rotatable bonds is 4. The maximum atomic E-state index is 13.6. The van der Waals surface area contributed by atoms with E-state index in [0.717, 1.165) is 34.7 Å². The molecule has 1 saturated heterocycles. The van der Waals surface area contributed by atoms with Crippen molar-refractivity contribution in [3.63, 3.8) is 0 Å². The van der Waals surface area contributed by atoms with Crippen molar-refractivity contribution in [2.75, 3.05) is 11.5 Å². The summed E-state index contributed by atoms with van der Waals surface area (Å²) in [5.74, 6) is -2.99. The Balaban J connectivity index is 1.73. The number of anilines is 1. The van der Waals surface area contributed by atoms with Crippen molar-refractivity contribution < 1.29 is 33.9 Å². The van der Waals surface area contributed by atoms with Crippen LogP contribution in [0.1, 0.15) is 22.7 Å². The number of amides is 1. The third-order valence-electron chi connectivity index (χ3n) is 6.02. The second-order valence-electron chi connectivity index (χ2n) is 8.07. The summed E-state index contributed by atoms with van der Waals surface area (Å²) >= 11 is 0. The van der Waals surface area contributed by atoms with Gasteiger partial charge in [0.1, 0.15) is 17.3 Å². The summed E-state index contributed by atoms with van der Waals surface area (Å²) in [6.07, 6.45) is 0.605. The van der Waals surface area contributed by atoms with Crippen molar-refractivity contribution >= 4 is 28.8 Å². The normalized spacial score (nSPS) is 18.4. The number of phenols is 1. The van der Waals surface area contributed by atoms with Crippen LogP contribution in [0.25, 0.3) is 5.76 Å². The van der Waals surface area contributed by atoms with Crippen LogP contribution in [0.4, 0.5) is 15.8 Å². The quantitative estimate of drug-likeness (QED) is 0.191. The monoisotopic (exact) mass is 476 g/mol. The summed E-state index contributed by atoms with van der Waals surface area (Å²) < 4.78 is 19.0. The lowest BCUT2D eigenvalue weighted by molar-refractivity contribution is -0.385. The number of aliphatic hydroxyl groups is 1. The Bertz CT molecular complexity index is 1430. The van der Waals surface area contributed by atoms with E-state index in [0.29, 0.717) is 18.8 Å². The van der Waals surface area contributed by atoms with Crippen LogP contribution >= 0.6 is 0 Å². The first-order valence-electron chi connectivity index (χ1n) is 10.6. The molecule has 2 aliphatic heterocycles. The van der Waals surface area contributed by atoms with E-state index >= 15 is 0 Å². The number of aromatic hydroxyl groups is 1. The van der Waals surface area contributed by atoms with E-state index in [-0.39, 0.29) is 22.4 Å². The molecule has 2 aliphatic rings. The Morgan fingerprint density at radius 2 is 1.83 bits per heavy atom. The zero-order chi connectivity index (χ0) is 24.9. The summed E-state index contributed by atoms with van der Waals surface area (Å²) in [4.78, 5) is 38.0. The van der Waals surface area contributed by atoms with Crippen LogP contribution < -0.4 is 9.64 Å². The van der Waals surface area contributed by atoms with Gasteiger partial charge in [-0.1, -0.05) is 6.07 Å². The van der Waals surface area contributed by atoms with Gasteiger partial charge in [-0.15, -0.1) is 0 Å². The highest BCUT2D eigenvalue weighted by Crippen LogP contribution is 2.44. The fourth-order valence-corrected chi connectivity index (χ4v) is 4.36. The van der Waals surface area contributed by atoms with Crippen LogP contribution in [-0.4, -0.2) is 33.4 Å². The number of ether oxygens (including phenoxy) is 1. The molecule has 176 valence electrons. The fraction of sp³-hybridized carbons (Fsp3) is 0.120. The standard InChI is InChI=1S/C25H17FN2O7/c26-16-3-5-17(6-4-16)27-22(14-1-7-19(29)18(12-14)28(33)34)21(24(31)25(27)32)23(30)15-2-8-20-13(11-15)9-10-35-20/h1-8,11-12,22,29-30H,9-10H2/b23-21+. The molecule has 5 rings (SSSR count). The van der Waals surface area contributed by atoms with Gasteiger partial charge in [-0.25, -0.2) is 4.39 Å². The Morgan fingerprint density at radius 1 is 1.09 bits per heavy atom. The lowest BCUT2D eigenvalue weighted by Crippen LogP contribution is -2.29. The molecule has 2 N–H and O–H groups in total. The third kappa shape index (κ3) is 3.65. The van der Waals surface area contributed by atoms with Gasteiger partial charge >= 0.3 is 5.69 Å². The minimum absolute atomic E-state index is 0.101. The molecule has 2 heterocycles. The van der Waals surface area contributed by atoms with E-state index < -0.39 is 45.7 Å². The molecule has 3 aromatic carbocycles. The molecule has 35 heavy (non-hydrogen) atoms. The predicted octanol–water partition coefficient (Wildman–Crippen LogP) is 4.00. The van der Waals surface area contributed by atoms with Crippen molar-refractivity contribution in [3.05, 3.63) is 98.9 Å². The highest BCUT2D eigenvalue weighted by molar-refractivity contribution is 6.51. The largest absolute Gasteiger partial charge is 0.507 e. The van der Waals surface area contributed by atoms with Crippen LogP contribution in [0, 0.1) is 15.9 Å². The molecule has 1 unspecified atom stereocenters. The van der Waals surface area contributed by atoms with Crippen molar-refractivity contribution in [1.29, 1.82) is 0 Å². The average molecular weight is 476 g/mol. The molecule has 3 aromatic rings. The van der Waals surface area contributed by atoms with Crippen molar-refractivity contribution in [1.82, 2.24) is 0 Å². The van der Waals surface area contributed by atoms with Gasteiger partial charge in [-0.3, -0.25) is 24.6 Å². The number of hydrogen-bond acceptors (Lipinski definition) is 7. The van der Waals surface area contributed by atoms with E-state index in [1.165, 1.54) is 18.2 Å². The van der Waals surface area contributed by atoms with Crippen LogP contribution in [-0.2, 0) is 16.0 Å². The Morgan fingerprint density at radius 3 is 2.54 bits per heavy atom. The number of nitro benzene ring substituents is 1. The number of phenolic OH excluding ortho intramolecular Hbond substituents is 1. The average Bonchev–Trinajstić information content (AvgIpc) is 3.41. The highest BCUT2D eigenvalue weighted by atomic mass is 19.1. The number of benzene rings is 3. The summed E-state index contributed by atoms with van der Waals surface area (Å²) in [5, 5.41) is 32.5. The highest BCUT2D eigenvalue weighted by Gasteiger charge is 2.47. The minimum Gasteiger partial charge on any atom is -0.507 e. The number of nitrogens with zero attached hydrogens (tertiary/aromatic N) is 2. The first kappa shape index (κ1) is 22.1. The van der Waals surface area contributed by atoms with Gasteiger partial charge in [-0.2, -0.15) is 0 Å². The molecule has 1 amide bonds. The third-order valence-corrected chi connectivity index (χ3v) is 6.02. The van der Waals surface area contributed by atoms with Crippen LogP contribution in [0.5, 0.6) is 11.5 Å². The number of aliphatic hydroxyl groups excluding tert-OH is 1. The number of nitro groups is 1. The van der Waals surface area contributed by atoms with E-state index in [4.69, 9.17) is 4.74 Å². The molecule has 0 spiro atoms. The van der Waals surface area contributed by atoms with Gasteiger partial charge in [0.15, 0.2) is 5.75 Å². The maximum Gasteiger partial charge on any atom is 0.311 e. The second kappa shape index (κ2) is 8.24. The molecule has 1 atom stereocenters. The van der Waals surface area contributed by atoms with Crippen molar-refractivity contribution in [2.24, 2.45) is 0 Å². The molecule has 9 nitrogen and oxygen atoms in total. The van der Waals surface area contributed by atoms with Crippen LogP contribution in [0.2, 0.25) is 0 Å². The van der Waals surface area contributed by atoms with Crippen molar-refractivity contribution in [3.8, 4) is 11.5 Å². The topological polar surface area (TPSA) is 130 Å². The molecule has 0 aliphatic carbocycles. The Kier molecular flexibility index (Phi) is 5.20. The van der Waals surface area contributed by atoms with E-state index in [1.807, 2.05) is 0 Å². The van der Waals surface area contributed by atoms with Gasteiger partial charge in [0.2, 0.25) is 0 Å². The number of carbonyl (C=O) groups is 2. The molecule has 0 radical (unpaired) electrons. The zero-order valence-corrected chi connectivity index (χ0v) is 18.0. The van der Waals surface area contributed by atoms with Gasteiger partial charge in [0.25, 0.3) is 11.7 Å². The Labute approximate surface area is 197 Å². The lowest BCUT2D eigenvalue weighted by atomic mass is 9.94. The first-order chi connectivity index (χ1) is 16.8.